The lowest BCUT2D eigenvalue weighted by molar-refractivity contribution is -0.133. The number of amides is 2. The number of carbonyl (C=O) groups excluding carboxylic acids is 3. The minimum Gasteiger partial charge on any atom is -0.426 e. The van der Waals surface area contributed by atoms with Crippen LogP contribution in [0, 0.1) is 0 Å². The SMILES string of the molecule is CC(=O)Oc1cscc1CC(=O)N[C@H]1CNC1=O. The molecule has 0 radical (unpaired) electrons. The van der Waals surface area contributed by atoms with Crippen LogP contribution in [0.4, 0.5) is 0 Å². The summed E-state index contributed by atoms with van der Waals surface area (Å²) in [5.41, 5.74) is 0.646. The molecular weight excluding hydrogens is 256 g/mol. The number of nitrogens with one attached hydrogen (secondary N) is 2. The van der Waals surface area contributed by atoms with Crippen LogP contribution in [-0.4, -0.2) is 30.4 Å². The highest BCUT2D eigenvalue weighted by Crippen LogP contribution is 2.24. The van der Waals surface area contributed by atoms with E-state index in [1.165, 1.54) is 18.3 Å². The van der Waals surface area contributed by atoms with Crippen molar-refractivity contribution in [3.8, 4) is 5.75 Å². The number of hydrogen-bond acceptors (Lipinski definition) is 5. The van der Waals surface area contributed by atoms with Gasteiger partial charge in [0, 0.05) is 24.4 Å². The lowest BCUT2D eigenvalue weighted by Crippen LogP contribution is -2.61. The Bertz CT molecular complexity index is 497. The lowest BCUT2D eigenvalue weighted by atomic mass is 10.1. The molecule has 6 nitrogen and oxygen atoms in total. The van der Waals surface area contributed by atoms with Crippen LogP contribution in [0.5, 0.6) is 5.75 Å². The average molecular weight is 268 g/mol. The second kappa shape index (κ2) is 5.18. The van der Waals surface area contributed by atoms with Crippen molar-refractivity contribution in [2.45, 2.75) is 19.4 Å². The quantitative estimate of drug-likeness (QED) is 0.586. The van der Waals surface area contributed by atoms with E-state index in [1.807, 2.05) is 0 Å². The van der Waals surface area contributed by atoms with Crippen molar-refractivity contribution in [3.63, 3.8) is 0 Å². The molecule has 1 saturated heterocycles. The van der Waals surface area contributed by atoms with E-state index in [1.54, 1.807) is 10.8 Å². The van der Waals surface area contributed by atoms with Gasteiger partial charge in [-0.05, 0) is 5.38 Å². The molecule has 1 atom stereocenters. The zero-order valence-electron chi connectivity index (χ0n) is 9.69. The van der Waals surface area contributed by atoms with Gasteiger partial charge in [0.25, 0.3) is 0 Å². The monoisotopic (exact) mass is 268 g/mol. The van der Waals surface area contributed by atoms with Gasteiger partial charge < -0.3 is 15.4 Å². The topological polar surface area (TPSA) is 84.5 Å². The molecule has 7 heteroatoms. The van der Waals surface area contributed by atoms with E-state index in [-0.39, 0.29) is 18.2 Å². The minimum absolute atomic E-state index is 0.0931. The van der Waals surface area contributed by atoms with Gasteiger partial charge in [0.1, 0.15) is 11.8 Å². The second-order valence-electron chi connectivity index (χ2n) is 3.90. The van der Waals surface area contributed by atoms with Gasteiger partial charge in [0.2, 0.25) is 11.8 Å². The Labute approximate surface area is 107 Å². The maximum atomic E-state index is 11.7. The van der Waals surface area contributed by atoms with Gasteiger partial charge in [0.05, 0.1) is 6.42 Å². The molecule has 0 bridgehead atoms. The number of esters is 1. The summed E-state index contributed by atoms with van der Waals surface area (Å²) in [6, 6.07) is -0.437. The van der Waals surface area contributed by atoms with Crippen LogP contribution >= 0.6 is 11.3 Å². The standard InChI is InChI=1S/C11H12N2O4S/c1-6(14)17-9-5-18-4-7(9)2-10(15)13-8-3-12-11(8)16/h4-5,8H,2-3H2,1H3,(H,12,16)(H,13,15)/t8-/m0/s1. The Morgan fingerprint density at radius 3 is 2.89 bits per heavy atom. The highest BCUT2D eigenvalue weighted by Gasteiger charge is 2.29. The van der Waals surface area contributed by atoms with Crippen molar-refractivity contribution in [1.29, 1.82) is 0 Å². The summed E-state index contributed by atoms with van der Waals surface area (Å²) in [4.78, 5) is 33.5. The third-order valence-electron chi connectivity index (χ3n) is 2.44. The van der Waals surface area contributed by atoms with E-state index in [2.05, 4.69) is 10.6 Å². The molecular formula is C11H12N2O4S. The van der Waals surface area contributed by atoms with Gasteiger partial charge >= 0.3 is 5.97 Å². The van der Waals surface area contributed by atoms with Crippen molar-refractivity contribution in [2.75, 3.05) is 6.54 Å². The smallest absolute Gasteiger partial charge is 0.308 e. The molecule has 1 fully saturated rings. The van der Waals surface area contributed by atoms with Crippen LogP contribution in [0.15, 0.2) is 10.8 Å². The maximum Gasteiger partial charge on any atom is 0.308 e. The first-order valence-electron chi connectivity index (χ1n) is 5.37. The summed E-state index contributed by atoms with van der Waals surface area (Å²) in [6.07, 6.45) is 0.0931. The number of carbonyl (C=O) groups is 3. The van der Waals surface area contributed by atoms with Crippen LogP contribution in [0.1, 0.15) is 12.5 Å². The molecule has 0 unspecified atom stereocenters. The summed E-state index contributed by atoms with van der Waals surface area (Å²) in [5, 5.41) is 8.55. The summed E-state index contributed by atoms with van der Waals surface area (Å²) in [7, 11) is 0. The number of rotatable bonds is 4. The number of ether oxygens (including phenoxy) is 1. The van der Waals surface area contributed by atoms with E-state index in [9.17, 15) is 14.4 Å². The normalized spacial score (nSPS) is 17.6. The molecule has 0 spiro atoms. The summed E-state index contributed by atoms with van der Waals surface area (Å²) in [6.45, 7) is 1.77. The fourth-order valence-electron chi connectivity index (χ4n) is 1.51. The van der Waals surface area contributed by atoms with Crippen molar-refractivity contribution < 1.29 is 19.1 Å². The minimum atomic E-state index is -0.437. The van der Waals surface area contributed by atoms with Crippen molar-refractivity contribution in [1.82, 2.24) is 10.6 Å². The first-order valence-corrected chi connectivity index (χ1v) is 6.31. The van der Waals surface area contributed by atoms with Gasteiger partial charge in [-0.25, -0.2) is 0 Å². The summed E-state index contributed by atoms with van der Waals surface area (Å²) >= 11 is 1.35. The summed E-state index contributed by atoms with van der Waals surface area (Å²) in [5.74, 6) is -0.454. The molecule has 0 saturated carbocycles. The average Bonchev–Trinajstić information content (AvgIpc) is 2.71. The van der Waals surface area contributed by atoms with Crippen LogP contribution < -0.4 is 15.4 Å². The van der Waals surface area contributed by atoms with Gasteiger partial charge in [-0.2, -0.15) is 0 Å². The van der Waals surface area contributed by atoms with Crippen LogP contribution in [0.3, 0.4) is 0 Å². The molecule has 0 aromatic carbocycles. The Balaban J connectivity index is 1.92. The molecule has 0 aliphatic carbocycles. The fraction of sp³-hybridized carbons (Fsp3) is 0.364. The Kier molecular flexibility index (Phi) is 3.61. The fourth-order valence-corrected chi connectivity index (χ4v) is 2.26. The van der Waals surface area contributed by atoms with Gasteiger partial charge in [-0.1, -0.05) is 0 Å². The zero-order chi connectivity index (χ0) is 13.1. The largest absolute Gasteiger partial charge is 0.426 e. The van der Waals surface area contributed by atoms with E-state index in [4.69, 9.17) is 4.74 Å². The van der Waals surface area contributed by atoms with E-state index < -0.39 is 12.0 Å². The predicted molar refractivity (Wildman–Crippen MR) is 64.3 cm³/mol. The second-order valence-corrected chi connectivity index (χ2v) is 4.64. The molecule has 1 aromatic rings. The maximum absolute atomic E-state index is 11.7. The van der Waals surface area contributed by atoms with E-state index in [0.717, 1.165) is 0 Å². The molecule has 1 aliphatic rings. The first kappa shape index (κ1) is 12.6. The highest BCUT2D eigenvalue weighted by atomic mass is 32.1. The molecule has 2 N–H and O–H groups in total. The number of β-lactam (4-membered cyclic amide) rings is 1. The Morgan fingerprint density at radius 2 is 2.33 bits per heavy atom. The molecule has 2 heterocycles. The van der Waals surface area contributed by atoms with Crippen LogP contribution in [0.25, 0.3) is 0 Å². The Morgan fingerprint density at radius 1 is 1.56 bits per heavy atom. The number of hydrogen-bond donors (Lipinski definition) is 2. The number of thiophene rings is 1. The van der Waals surface area contributed by atoms with Gasteiger partial charge in [0.15, 0.2) is 0 Å². The van der Waals surface area contributed by atoms with Gasteiger partial charge in [-0.15, -0.1) is 11.3 Å². The van der Waals surface area contributed by atoms with Crippen molar-refractivity contribution in [3.05, 3.63) is 16.3 Å². The third-order valence-corrected chi connectivity index (χ3v) is 3.21. The Hall–Kier alpha value is -1.89. The first-order chi connectivity index (χ1) is 8.56. The van der Waals surface area contributed by atoms with Crippen molar-refractivity contribution in [2.24, 2.45) is 0 Å². The highest BCUT2D eigenvalue weighted by molar-refractivity contribution is 7.08. The van der Waals surface area contributed by atoms with Crippen molar-refractivity contribution >= 4 is 29.1 Å². The van der Waals surface area contributed by atoms with Crippen LogP contribution in [0.2, 0.25) is 0 Å². The van der Waals surface area contributed by atoms with E-state index in [0.29, 0.717) is 17.9 Å². The molecule has 18 heavy (non-hydrogen) atoms. The summed E-state index contributed by atoms with van der Waals surface area (Å²) < 4.78 is 4.96. The molecule has 2 rings (SSSR count). The molecule has 1 aromatic heterocycles. The van der Waals surface area contributed by atoms with E-state index >= 15 is 0 Å². The predicted octanol–water partition coefficient (Wildman–Crippen LogP) is -0.169. The van der Waals surface area contributed by atoms with Crippen LogP contribution in [-0.2, 0) is 20.8 Å². The lowest BCUT2D eigenvalue weighted by Gasteiger charge is -2.26. The molecule has 1 aliphatic heterocycles. The molecule has 2 amide bonds. The van der Waals surface area contributed by atoms with Gasteiger partial charge in [-0.3, -0.25) is 14.4 Å². The molecule has 96 valence electrons. The zero-order valence-corrected chi connectivity index (χ0v) is 10.5. The third kappa shape index (κ3) is 2.86.